The number of aliphatic hydroxyl groups is 2. The zero-order chi connectivity index (χ0) is 11.3. The predicted octanol–water partition coefficient (Wildman–Crippen LogP) is 1.80. The summed E-state index contributed by atoms with van der Waals surface area (Å²) in [7, 11) is 0. The van der Waals surface area contributed by atoms with Crippen LogP contribution in [0.1, 0.15) is 24.3 Å². The van der Waals surface area contributed by atoms with Gasteiger partial charge in [0, 0.05) is 10.9 Å². The summed E-state index contributed by atoms with van der Waals surface area (Å²) in [6.07, 6.45) is 0.896. The van der Waals surface area contributed by atoms with Crippen molar-refractivity contribution in [2.24, 2.45) is 0 Å². The number of hydrogen-bond donors (Lipinski definition) is 3. The van der Waals surface area contributed by atoms with E-state index >= 15 is 0 Å². The summed E-state index contributed by atoms with van der Waals surface area (Å²) < 4.78 is 0.759. The Morgan fingerprint density at radius 1 is 1.40 bits per heavy atom. The number of nitrogens with one attached hydrogen (secondary N) is 1. The molecule has 1 heterocycles. The Bertz CT molecular complexity index is 289. The van der Waals surface area contributed by atoms with Crippen molar-refractivity contribution in [2.45, 2.75) is 25.4 Å². The molecule has 0 aromatic carbocycles. The number of rotatable bonds is 6. The highest BCUT2D eigenvalue weighted by molar-refractivity contribution is 7.16. The summed E-state index contributed by atoms with van der Waals surface area (Å²) in [5.41, 5.74) is 0. The third kappa shape index (κ3) is 3.74. The summed E-state index contributed by atoms with van der Waals surface area (Å²) in [6.45, 7) is 1.93. The maximum absolute atomic E-state index is 8.98. The van der Waals surface area contributed by atoms with Gasteiger partial charge >= 0.3 is 0 Å². The Balaban J connectivity index is 2.63. The van der Waals surface area contributed by atoms with E-state index in [1.165, 1.54) is 11.3 Å². The van der Waals surface area contributed by atoms with E-state index in [-0.39, 0.29) is 25.3 Å². The molecule has 0 saturated carbocycles. The molecule has 0 unspecified atom stereocenters. The minimum absolute atomic E-state index is 0.0634. The average Bonchev–Trinajstić information content (AvgIpc) is 2.67. The molecular weight excluding hydrogens is 234 g/mol. The topological polar surface area (TPSA) is 52.5 Å². The molecular formula is C10H16ClNO2S. The minimum atomic E-state index is -0.268. The van der Waals surface area contributed by atoms with E-state index < -0.39 is 0 Å². The van der Waals surface area contributed by atoms with Crippen LogP contribution in [-0.4, -0.2) is 29.5 Å². The van der Waals surface area contributed by atoms with Crippen LogP contribution in [0.4, 0.5) is 0 Å². The molecule has 5 heteroatoms. The minimum Gasteiger partial charge on any atom is -0.395 e. The van der Waals surface area contributed by atoms with Crippen molar-refractivity contribution in [3.05, 3.63) is 21.3 Å². The van der Waals surface area contributed by atoms with Crippen LogP contribution in [0.5, 0.6) is 0 Å². The van der Waals surface area contributed by atoms with Crippen LogP contribution in [0.15, 0.2) is 12.1 Å². The largest absolute Gasteiger partial charge is 0.395 e. The highest BCUT2D eigenvalue weighted by Crippen LogP contribution is 2.28. The molecule has 1 atom stereocenters. The molecule has 0 bridgehead atoms. The molecule has 1 aromatic rings. The van der Waals surface area contributed by atoms with Crippen LogP contribution in [0.3, 0.4) is 0 Å². The Morgan fingerprint density at radius 2 is 2.07 bits per heavy atom. The van der Waals surface area contributed by atoms with Crippen molar-refractivity contribution in [1.29, 1.82) is 0 Å². The second-order valence-electron chi connectivity index (χ2n) is 3.33. The Labute approximate surface area is 98.7 Å². The molecule has 0 spiro atoms. The van der Waals surface area contributed by atoms with Gasteiger partial charge in [0.05, 0.1) is 23.6 Å². The van der Waals surface area contributed by atoms with Gasteiger partial charge in [-0.25, -0.2) is 0 Å². The molecule has 3 N–H and O–H groups in total. The van der Waals surface area contributed by atoms with Gasteiger partial charge in [0.2, 0.25) is 0 Å². The molecule has 1 rings (SSSR count). The fraction of sp³-hybridized carbons (Fsp3) is 0.600. The number of halogens is 1. The van der Waals surface area contributed by atoms with Crippen molar-refractivity contribution in [1.82, 2.24) is 5.32 Å². The zero-order valence-electron chi connectivity index (χ0n) is 8.61. The van der Waals surface area contributed by atoms with E-state index in [9.17, 15) is 0 Å². The molecule has 0 aliphatic rings. The number of thiophene rings is 1. The lowest BCUT2D eigenvalue weighted by Crippen LogP contribution is -2.38. The molecule has 3 nitrogen and oxygen atoms in total. The summed E-state index contributed by atoms with van der Waals surface area (Å²) in [5, 5.41) is 21.1. The van der Waals surface area contributed by atoms with Gasteiger partial charge in [-0.15, -0.1) is 11.3 Å². The Morgan fingerprint density at radius 3 is 2.47 bits per heavy atom. The van der Waals surface area contributed by atoms with E-state index in [0.29, 0.717) is 0 Å². The summed E-state index contributed by atoms with van der Waals surface area (Å²) in [4.78, 5) is 1.13. The van der Waals surface area contributed by atoms with Gasteiger partial charge < -0.3 is 15.5 Å². The van der Waals surface area contributed by atoms with Crippen molar-refractivity contribution >= 4 is 22.9 Å². The zero-order valence-corrected chi connectivity index (χ0v) is 10.2. The van der Waals surface area contributed by atoms with Crippen LogP contribution >= 0.6 is 22.9 Å². The van der Waals surface area contributed by atoms with Crippen LogP contribution < -0.4 is 5.32 Å². The molecule has 0 amide bonds. The van der Waals surface area contributed by atoms with Crippen LogP contribution in [-0.2, 0) is 0 Å². The van der Waals surface area contributed by atoms with Crippen molar-refractivity contribution in [3.8, 4) is 0 Å². The first-order chi connectivity index (χ1) is 7.21. The average molecular weight is 250 g/mol. The van der Waals surface area contributed by atoms with Crippen LogP contribution in [0.2, 0.25) is 4.34 Å². The SMILES string of the molecule is CC[C@H](NC(CO)CO)c1ccc(Cl)s1. The molecule has 0 saturated heterocycles. The van der Waals surface area contributed by atoms with Gasteiger partial charge in [-0.3, -0.25) is 0 Å². The quantitative estimate of drug-likeness (QED) is 0.721. The maximum atomic E-state index is 8.98. The lowest BCUT2D eigenvalue weighted by molar-refractivity contribution is 0.161. The summed E-state index contributed by atoms with van der Waals surface area (Å²) in [6, 6.07) is 3.71. The molecule has 0 aliphatic carbocycles. The second-order valence-corrected chi connectivity index (χ2v) is 5.08. The number of aliphatic hydroxyl groups excluding tert-OH is 2. The second kappa shape index (κ2) is 6.45. The third-order valence-corrected chi connectivity index (χ3v) is 3.57. The summed E-state index contributed by atoms with van der Waals surface area (Å²) >= 11 is 7.38. The molecule has 15 heavy (non-hydrogen) atoms. The normalized spacial score (nSPS) is 13.4. The van der Waals surface area contributed by atoms with Crippen LogP contribution in [0, 0.1) is 0 Å². The van der Waals surface area contributed by atoms with Gasteiger partial charge in [0.1, 0.15) is 0 Å². The van der Waals surface area contributed by atoms with Crippen molar-refractivity contribution in [3.63, 3.8) is 0 Å². The monoisotopic (exact) mass is 249 g/mol. The van der Waals surface area contributed by atoms with E-state index in [0.717, 1.165) is 15.6 Å². The van der Waals surface area contributed by atoms with E-state index in [2.05, 4.69) is 12.2 Å². The highest BCUT2D eigenvalue weighted by Gasteiger charge is 2.15. The standard InChI is InChI=1S/C10H16ClNO2S/c1-2-8(12-7(5-13)6-14)9-3-4-10(11)15-9/h3-4,7-8,12-14H,2,5-6H2,1H3/t8-/m0/s1. The first kappa shape index (κ1) is 12.9. The molecule has 1 aromatic heterocycles. The smallest absolute Gasteiger partial charge is 0.0931 e. The van der Waals surface area contributed by atoms with Gasteiger partial charge in [-0.2, -0.15) is 0 Å². The number of hydrogen-bond acceptors (Lipinski definition) is 4. The molecule has 0 aliphatic heterocycles. The lowest BCUT2D eigenvalue weighted by Gasteiger charge is -2.21. The van der Waals surface area contributed by atoms with Crippen molar-refractivity contribution < 1.29 is 10.2 Å². The summed E-state index contributed by atoms with van der Waals surface area (Å²) in [5.74, 6) is 0. The third-order valence-electron chi connectivity index (χ3n) is 2.22. The van der Waals surface area contributed by atoms with Gasteiger partial charge in [0.25, 0.3) is 0 Å². The Kier molecular flexibility index (Phi) is 5.56. The van der Waals surface area contributed by atoms with Gasteiger partial charge in [-0.1, -0.05) is 18.5 Å². The van der Waals surface area contributed by atoms with E-state index in [4.69, 9.17) is 21.8 Å². The van der Waals surface area contributed by atoms with Crippen LogP contribution in [0.25, 0.3) is 0 Å². The van der Waals surface area contributed by atoms with Gasteiger partial charge in [-0.05, 0) is 18.6 Å². The maximum Gasteiger partial charge on any atom is 0.0931 e. The fourth-order valence-corrected chi connectivity index (χ4v) is 2.57. The molecule has 0 radical (unpaired) electrons. The van der Waals surface area contributed by atoms with E-state index in [1.807, 2.05) is 12.1 Å². The van der Waals surface area contributed by atoms with Crippen molar-refractivity contribution in [2.75, 3.05) is 13.2 Å². The molecule has 86 valence electrons. The highest BCUT2D eigenvalue weighted by atomic mass is 35.5. The predicted molar refractivity (Wildman–Crippen MR) is 63.5 cm³/mol. The van der Waals surface area contributed by atoms with E-state index in [1.54, 1.807) is 0 Å². The van der Waals surface area contributed by atoms with Gasteiger partial charge in [0.15, 0.2) is 0 Å². The molecule has 0 fully saturated rings. The first-order valence-electron chi connectivity index (χ1n) is 4.94. The fourth-order valence-electron chi connectivity index (χ4n) is 1.36. The first-order valence-corrected chi connectivity index (χ1v) is 6.13. The lowest BCUT2D eigenvalue weighted by atomic mass is 10.1. The Hall–Kier alpha value is -0.130.